The zero-order valence-corrected chi connectivity index (χ0v) is 11.6. The summed E-state index contributed by atoms with van der Waals surface area (Å²) in [6.07, 6.45) is 1.26. The van der Waals surface area contributed by atoms with Crippen molar-refractivity contribution >= 4 is 0 Å². The zero-order valence-electron chi connectivity index (χ0n) is 11.6. The van der Waals surface area contributed by atoms with E-state index in [0.29, 0.717) is 5.54 Å². The largest absolute Gasteiger partial charge is 0.302 e. The summed E-state index contributed by atoms with van der Waals surface area (Å²) in [5, 5.41) is 0. The Morgan fingerprint density at radius 3 is 1.73 bits per heavy atom. The highest BCUT2D eigenvalue weighted by Gasteiger charge is 2.19. The highest BCUT2D eigenvalue weighted by molar-refractivity contribution is 4.76. The average molecular weight is 214 g/mol. The van der Waals surface area contributed by atoms with E-state index in [0.717, 1.165) is 6.54 Å². The second-order valence-corrected chi connectivity index (χ2v) is 5.18. The van der Waals surface area contributed by atoms with Gasteiger partial charge < -0.3 is 4.90 Å². The molecule has 0 aromatic heterocycles. The third-order valence-electron chi connectivity index (χ3n) is 3.00. The molecule has 0 aromatic rings. The number of nitrogens with zero attached hydrogens (tertiary/aromatic N) is 2. The molecule has 0 saturated carbocycles. The van der Waals surface area contributed by atoms with Gasteiger partial charge >= 0.3 is 0 Å². The van der Waals surface area contributed by atoms with E-state index in [-0.39, 0.29) is 0 Å². The summed E-state index contributed by atoms with van der Waals surface area (Å²) >= 11 is 0. The first kappa shape index (κ1) is 14.9. The number of likely N-dealkylation sites (N-methyl/N-ethyl adjacent to an activating group) is 2. The van der Waals surface area contributed by atoms with Crippen LogP contribution in [0.2, 0.25) is 0 Å². The molecule has 0 saturated heterocycles. The van der Waals surface area contributed by atoms with Crippen LogP contribution in [0.5, 0.6) is 0 Å². The lowest BCUT2D eigenvalue weighted by atomic mass is 10.1. The van der Waals surface area contributed by atoms with Crippen LogP contribution in [0.4, 0.5) is 0 Å². The number of hydrogen-bond donors (Lipinski definition) is 0. The van der Waals surface area contributed by atoms with Crippen molar-refractivity contribution < 1.29 is 0 Å². The van der Waals surface area contributed by atoms with Gasteiger partial charge in [0.25, 0.3) is 0 Å². The topological polar surface area (TPSA) is 6.48 Å². The maximum Gasteiger partial charge on any atom is 0.0125 e. The average Bonchev–Trinajstić information content (AvgIpc) is 2.15. The summed E-state index contributed by atoms with van der Waals surface area (Å²) in [6, 6.07) is 0. The molecule has 0 amide bonds. The molecule has 0 aliphatic carbocycles. The fourth-order valence-corrected chi connectivity index (χ4v) is 1.97. The molecule has 2 heteroatoms. The Balaban J connectivity index is 3.98. The highest BCUT2D eigenvalue weighted by Crippen LogP contribution is 2.12. The van der Waals surface area contributed by atoms with E-state index in [9.17, 15) is 0 Å². The van der Waals surface area contributed by atoms with Gasteiger partial charge in [-0.25, -0.2) is 0 Å². The Bertz CT molecular complexity index is 149. The van der Waals surface area contributed by atoms with Crippen LogP contribution >= 0.6 is 0 Å². The van der Waals surface area contributed by atoms with Crippen molar-refractivity contribution in [2.24, 2.45) is 0 Å². The first-order chi connectivity index (χ1) is 6.95. The minimum atomic E-state index is 0.306. The van der Waals surface area contributed by atoms with Crippen molar-refractivity contribution in [3.8, 4) is 0 Å². The first-order valence-corrected chi connectivity index (χ1v) is 6.43. The Morgan fingerprint density at radius 2 is 1.40 bits per heavy atom. The van der Waals surface area contributed by atoms with Crippen molar-refractivity contribution in [2.45, 2.75) is 53.5 Å². The van der Waals surface area contributed by atoms with Crippen LogP contribution < -0.4 is 0 Å². The SMILES string of the molecule is CCCN(CC)CCN(CC)C(C)(C)C. The fourth-order valence-electron chi connectivity index (χ4n) is 1.97. The molecule has 0 aliphatic heterocycles. The van der Waals surface area contributed by atoms with Crippen LogP contribution in [0.3, 0.4) is 0 Å². The van der Waals surface area contributed by atoms with Gasteiger partial charge in [-0.3, -0.25) is 4.90 Å². The third-order valence-corrected chi connectivity index (χ3v) is 3.00. The van der Waals surface area contributed by atoms with Gasteiger partial charge in [0.15, 0.2) is 0 Å². The standard InChI is InChI=1S/C13H30N2/c1-7-10-14(8-2)11-12-15(9-3)13(4,5)6/h7-12H2,1-6H3. The summed E-state index contributed by atoms with van der Waals surface area (Å²) in [5.74, 6) is 0. The molecule has 0 rings (SSSR count). The van der Waals surface area contributed by atoms with Gasteiger partial charge in [-0.15, -0.1) is 0 Å². The molecule has 0 radical (unpaired) electrons. The Morgan fingerprint density at radius 1 is 0.800 bits per heavy atom. The van der Waals surface area contributed by atoms with E-state index in [4.69, 9.17) is 0 Å². The highest BCUT2D eigenvalue weighted by atomic mass is 15.2. The molecular formula is C13H30N2. The quantitative estimate of drug-likeness (QED) is 0.643. The molecule has 0 heterocycles. The van der Waals surface area contributed by atoms with Gasteiger partial charge in [0.05, 0.1) is 0 Å². The van der Waals surface area contributed by atoms with E-state index < -0.39 is 0 Å². The van der Waals surface area contributed by atoms with Crippen LogP contribution in [0.15, 0.2) is 0 Å². The fraction of sp³-hybridized carbons (Fsp3) is 1.00. The summed E-state index contributed by atoms with van der Waals surface area (Å²) in [7, 11) is 0. The van der Waals surface area contributed by atoms with Gasteiger partial charge in [-0.1, -0.05) is 20.8 Å². The lowest BCUT2D eigenvalue weighted by Gasteiger charge is -2.36. The van der Waals surface area contributed by atoms with Gasteiger partial charge in [0.1, 0.15) is 0 Å². The Hall–Kier alpha value is -0.0800. The maximum atomic E-state index is 2.55. The predicted octanol–water partition coefficient (Wildman–Crippen LogP) is 2.84. The Kier molecular flexibility index (Phi) is 7.20. The molecule has 0 aliphatic rings. The predicted molar refractivity (Wildman–Crippen MR) is 69.4 cm³/mol. The second kappa shape index (κ2) is 7.24. The zero-order chi connectivity index (χ0) is 11.9. The monoisotopic (exact) mass is 214 g/mol. The Labute approximate surface area is 96.6 Å². The van der Waals surface area contributed by atoms with Crippen molar-refractivity contribution in [1.82, 2.24) is 9.80 Å². The van der Waals surface area contributed by atoms with Crippen LogP contribution in [-0.4, -0.2) is 48.1 Å². The minimum absolute atomic E-state index is 0.306. The van der Waals surface area contributed by atoms with Gasteiger partial charge in [-0.05, 0) is 46.8 Å². The molecule has 0 atom stereocenters. The molecule has 92 valence electrons. The molecule has 2 nitrogen and oxygen atoms in total. The second-order valence-electron chi connectivity index (χ2n) is 5.18. The van der Waals surface area contributed by atoms with E-state index in [1.807, 2.05) is 0 Å². The van der Waals surface area contributed by atoms with Crippen molar-refractivity contribution in [1.29, 1.82) is 0 Å². The molecule has 0 unspecified atom stereocenters. The summed E-state index contributed by atoms with van der Waals surface area (Å²) in [4.78, 5) is 5.08. The van der Waals surface area contributed by atoms with E-state index in [2.05, 4.69) is 51.3 Å². The van der Waals surface area contributed by atoms with Crippen LogP contribution in [0.25, 0.3) is 0 Å². The van der Waals surface area contributed by atoms with E-state index in [1.165, 1.54) is 32.6 Å². The van der Waals surface area contributed by atoms with Crippen molar-refractivity contribution in [2.75, 3.05) is 32.7 Å². The summed E-state index contributed by atoms with van der Waals surface area (Å²) in [5.41, 5.74) is 0.306. The van der Waals surface area contributed by atoms with Gasteiger partial charge in [-0.2, -0.15) is 0 Å². The normalized spacial score (nSPS) is 12.8. The molecule has 0 bridgehead atoms. The van der Waals surface area contributed by atoms with Crippen LogP contribution in [-0.2, 0) is 0 Å². The smallest absolute Gasteiger partial charge is 0.0125 e. The number of hydrogen-bond acceptors (Lipinski definition) is 2. The van der Waals surface area contributed by atoms with E-state index >= 15 is 0 Å². The first-order valence-electron chi connectivity index (χ1n) is 6.43. The molecule has 0 N–H and O–H groups in total. The molecule has 0 fully saturated rings. The molecule has 0 spiro atoms. The molecule has 0 aromatic carbocycles. The summed E-state index contributed by atoms with van der Waals surface area (Å²) < 4.78 is 0. The lowest BCUT2D eigenvalue weighted by molar-refractivity contribution is 0.122. The van der Waals surface area contributed by atoms with E-state index in [1.54, 1.807) is 0 Å². The molecular weight excluding hydrogens is 184 g/mol. The minimum Gasteiger partial charge on any atom is -0.302 e. The number of rotatable bonds is 7. The lowest BCUT2D eigenvalue weighted by Crippen LogP contribution is -2.45. The molecule has 15 heavy (non-hydrogen) atoms. The maximum absolute atomic E-state index is 2.55. The van der Waals surface area contributed by atoms with Crippen molar-refractivity contribution in [3.05, 3.63) is 0 Å². The van der Waals surface area contributed by atoms with Crippen molar-refractivity contribution in [3.63, 3.8) is 0 Å². The van der Waals surface area contributed by atoms with Crippen LogP contribution in [0.1, 0.15) is 48.0 Å². The van der Waals surface area contributed by atoms with Gasteiger partial charge in [0.2, 0.25) is 0 Å². The third kappa shape index (κ3) is 6.16. The summed E-state index contributed by atoms with van der Waals surface area (Å²) in [6.45, 7) is 19.6. The van der Waals surface area contributed by atoms with Crippen LogP contribution in [0, 0.1) is 0 Å². The van der Waals surface area contributed by atoms with Gasteiger partial charge in [0, 0.05) is 18.6 Å².